The normalized spacial score (nSPS) is 11.6. The maximum absolute atomic E-state index is 5.08. The summed E-state index contributed by atoms with van der Waals surface area (Å²) in [6, 6.07) is 68.6. The molecule has 8 aromatic carbocycles. The van der Waals surface area contributed by atoms with Crippen LogP contribution in [0, 0.1) is 0 Å². The van der Waals surface area contributed by atoms with Crippen LogP contribution in [-0.4, -0.2) is 19.5 Å². The van der Waals surface area contributed by atoms with Crippen LogP contribution in [0.15, 0.2) is 194 Å². The van der Waals surface area contributed by atoms with Gasteiger partial charge in [0, 0.05) is 58.8 Å². The fourth-order valence-corrected chi connectivity index (χ4v) is 9.35. The molecule has 0 saturated carbocycles. The van der Waals surface area contributed by atoms with Crippen LogP contribution >= 0.6 is 11.3 Å². The van der Waals surface area contributed by atoms with Gasteiger partial charge in [0.2, 0.25) is 0 Å². The van der Waals surface area contributed by atoms with Gasteiger partial charge in [0.1, 0.15) is 0 Å². The lowest BCUT2D eigenvalue weighted by Gasteiger charge is -2.16. The molecule has 0 atom stereocenters. The largest absolute Gasteiger partial charge is 0.309 e. The number of rotatable bonds is 6. The monoisotopic (exact) mass is 732 g/mol. The highest BCUT2D eigenvalue weighted by Crippen LogP contribution is 2.45. The second-order valence-corrected chi connectivity index (χ2v) is 15.0. The van der Waals surface area contributed by atoms with Crippen molar-refractivity contribution < 1.29 is 0 Å². The Morgan fingerprint density at radius 3 is 1.61 bits per heavy atom. The molecule has 0 spiro atoms. The Hall–Kier alpha value is -7.21. The first-order valence-corrected chi connectivity index (χ1v) is 19.6. The standard InChI is InChI=1S/C51H32N4S/c1-4-16-33(17-5-1)42-32-36(51-53-49(34-18-6-2-7-19-34)52-50(54-51)35-20-8-3-9-21-35)30-31-44(42)55-43-27-12-10-23-41(43)47-38(24-15-28-45(47)55)40-26-14-25-39-37-22-11-13-29-46(37)56-48(39)40/h1-32H. The Kier molecular flexibility index (Phi) is 7.64. The highest BCUT2D eigenvalue weighted by Gasteiger charge is 2.21. The molecule has 0 saturated heterocycles. The van der Waals surface area contributed by atoms with Crippen LogP contribution in [0.3, 0.4) is 0 Å². The van der Waals surface area contributed by atoms with E-state index in [2.05, 4.69) is 138 Å². The lowest BCUT2D eigenvalue weighted by molar-refractivity contribution is 1.07. The number of nitrogens with zero attached hydrogens (tertiary/aromatic N) is 4. The number of fused-ring (bicyclic) bond motifs is 6. The maximum atomic E-state index is 5.08. The van der Waals surface area contributed by atoms with Crippen molar-refractivity contribution in [3.8, 4) is 62.1 Å². The number of aromatic nitrogens is 4. The van der Waals surface area contributed by atoms with Gasteiger partial charge in [-0.15, -0.1) is 11.3 Å². The van der Waals surface area contributed by atoms with Gasteiger partial charge < -0.3 is 4.57 Å². The van der Waals surface area contributed by atoms with Crippen molar-refractivity contribution in [1.82, 2.24) is 19.5 Å². The fraction of sp³-hybridized carbons (Fsp3) is 0. The van der Waals surface area contributed by atoms with E-state index in [1.165, 1.54) is 42.1 Å². The highest BCUT2D eigenvalue weighted by molar-refractivity contribution is 7.26. The molecule has 0 radical (unpaired) electrons. The van der Waals surface area contributed by atoms with Crippen molar-refractivity contribution in [2.24, 2.45) is 0 Å². The van der Waals surface area contributed by atoms with E-state index in [1.807, 2.05) is 72.0 Å². The predicted octanol–water partition coefficient (Wildman–Crippen LogP) is 13.7. The number of hydrogen-bond acceptors (Lipinski definition) is 4. The van der Waals surface area contributed by atoms with Crippen molar-refractivity contribution in [3.05, 3.63) is 194 Å². The quantitative estimate of drug-likeness (QED) is 0.171. The highest BCUT2D eigenvalue weighted by atomic mass is 32.1. The molecule has 0 aliphatic carbocycles. The lowest BCUT2D eigenvalue weighted by Crippen LogP contribution is -2.02. The Morgan fingerprint density at radius 2 is 0.893 bits per heavy atom. The van der Waals surface area contributed by atoms with Crippen LogP contribution in [0.25, 0.3) is 104 Å². The van der Waals surface area contributed by atoms with Crippen LogP contribution < -0.4 is 0 Å². The third-order valence-electron chi connectivity index (χ3n) is 10.7. The van der Waals surface area contributed by atoms with E-state index >= 15 is 0 Å². The minimum Gasteiger partial charge on any atom is -0.309 e. The van der Waals surface area contributed by atoms with Crippen molar-refractivity contribution in [2.45, 2.75) is 0 Å². The molecule has 5 heteroatoms. The average Bonchev–Trinajstić information content (AvgIpc) is 3.83. The maximum Gasteiger partial charge on any atom is 0.164 e. The topological polar surface area (TPSA) is 43.6 Å². The third-order valence-corrected chi connectivity index (χ3v) is 11.9. The van der Waals surface area contributed by atoms with Gasteiger partial charge in [-0.1, -0.05) is 158 Å². The summed E-state index contributed by atoms with van der Waals surface area (Å²) >= 11 is 1.88. The Morgan fingerprint density at radius 1 is 0.357 bits per heavy atom. The Labute approximate surface area is 327 Å². The van der Waals surface area contributed by atoms with Crippen LogP contribution in [0.2, 0.25) is 0 Å². The zero-order valence-corrected chi connectivity index (χ0v) is 31.0. The molecule has 0 aliphatic heterocycles. The zero-order chi connectivity index (χ0) is 37.0. The van der Waals surface area contributed by atoms with Gasteiger partial charge in [0.05, 0.1) is 16.7 Å². The smallest absolute Gasteiger partial charge is 0.164 e. The van der Waals surface area contributed by atoms with E-state index in [0.29, 0.717) is 17.5 Å². The van der Waals surface area contributed by atoms with E-state index in [4.69, 9.17) is 15.0 Å². The van der Waals surface area contributed by atoms with E-state index in [1.54, 1.807) is 0 Å². The van der Waals surface area contributed by atoms with Crippen molar-refractivity contribution >= 4 is 53.3 Å². The molecule has 4 nitrogen and oxygen atoms in total. The fourth-order valence-electron chi connectivity index (χ4n) is 8.12. The molecule has 3 heterocycles. The summed E-state index contributed by atoms with van der Waals surface area (Å²) in [7, 11) is 0. The van der Waals surface area contributed by atoms with E-state index < -0.39 is 0 Å². The summed E-state index contributed by atoms with van der Waals surface area (Å²) in [4.78, 5) is 15.1. The van der Waals surface area contributed by atoms with Gasteiger partial charge in [-0.25, -0.2) is 15.0 Å². The molecule has 0 aliphatic rings. The molecule has 0 amide bonds. The minimum atomic E-state index is 0.627. The Balaban J connectivity index is 1.16. The van der Waals surface area contributed by atoms with Crippen molar-refractivity contribution in [3.63, 3.8) is 0 Å². The second-order valence-electron chi connectivity index (χ2n) is 14.0. The molecule has 11 rings (SSSR count). The van der Waals surface area contributed by atoms with E-state index in [-0.39, 0.29) is 0 Å². The zero-order valence-electron chi connectivity index (χ0n) is 30.2. The summed E-state index contributed by atoms with van der Waals surface area (Å²) in [5, 5.41) is 5.07. The molecular formula is C51H32N4S. The first-order chi connectivity index (χ1) is 27.8. The number of hydrogen-bond donors (Lipinski definition) is 0. The number of benzene rings is 8. The van der Waals surface area contributed by atoms with Crippen LogP contribution in [-0.2, 0) is 0 Å². The summed E-state index contributed by atoms with van der Waals surface area (Å²) in [6.07, 6.45) is 0. The molecule has 56 heavy (non-hydrogen) atoms. The van der Waals surface area contributed by atoms with Crippen LogP contribution in [0.1, 0.15) is 0 Å². The first-order valence-electron chi connectivity index (χ1n) is 18.8. The molecule has 0 N–H and O–H groups in total. The predicted molar refractivity (Wildman–Crippen MR) is 234 cm³/mol. The molecule has 0 bridgehead atoms. The van der Waals surface area contributed by atoms with Gasteiger partial charge >= 0.3 is 0 Å². The first kappa shape index (κ1) is 32.2. The number of para-hydroxylation sites is 1. The molecule has 0 unspecified atom stereocenters. The molecular weight excluding hydrogens is 701 g/mol. The minimum absolute atomic E-state index is 0.627. The second kappa shape index (κ2) is 13.3. The Bertz CT molecular complexity index is 3180. The van der Waals surface area contributed by atoms with Crippen LogP contribution in [0.5, 0.6) is 0 Å². The van der Waals surface area contributed by atoms with E-state index in [9.17, 15) is 0 Å². The molecule has 262 valence electrons. The lowest BCUT2D eigenvalue weighted by atomic mass is 9.97. The van der Waals surface area contributed by atoms with Crippen molar-refractivity contribution in [1.29, 1.82) is 0 Å². The molecule has 3 aromatic heterocycles. The number of thiophene rings is 1. The van der Waals surface area contributed by atoms with Gasteiger partial charge in [0.15, 0.2) is 17.5 Å². The summed E-state index contributed by atoms with van der Waals surface area (Å²) < 4.78 is 5.06. The van der Waals surface area contributed by atoms with E-state index in [0.717, 1.165) is 44.5 Å². The van der Waals surface area contributed by atoms with Gasteiger partial charge in [-0.2, -0.15) is 0 Å². The SMILES string of the molecule is c1ccc(-c2nc(-c3ccccc3)nc(-c3ccc(-n4c5ccccc5c5c(-c6cccc7c6sc6ccccc67)cccc54)c(-c4ccccc4)c3)n2)cc1. The van der Waals surface area contributed by atoms with Gasteiger partial charge in [0.25, 0.3) is 0 Å². The summed E-state index contributed by atoms with van der Waals surface area (Å²) in [5.41, 5.74) is 10.9. The van der Waals surface area contributed by atoms with Gasteiger partial charge in [-0.05, 0) is 47.5 Å². The molecule has 0 fully saturated rings. The summed E-state index contributed by atoms with van der Waals surface area (Å²) in [5.74, 6) is 1.91. The average molecular weight is 733 g/mol. The van der Waals surface area contributed by atoms with Crippen molar-refractivity contribution in [2.75, 3.05) is 0 Å². The summed E-state index contributed by atoms with van der Waals surface area (Å²) in [6.45, 7) is 0. The molecule has 11 aromatic rings. The van der Waals surface area contributed by atoms with Gasteiger partial charge in [-0.3, -0.25) is 0 Å². The third kappa shape index (κ3) is 5.32. The van der Waals surface area contributed by atoms with Crippen LogP contribution in [0.4, 0.5) is 0 Å².